The average molecular weight is 356 g/mol. The molecule has 0 aliphatic heterocycles. The molecule has 1 saturated carbocycles. The first-order valence-electron chi connectivity index (χ1n) is 9.55. The minimum atomic E-state index is -0.576. The maximum Gasteiger partial charge on any atom is 0.313 e. The van der Waals surface area contributed by atoms with Crippen molar-refractivity contribution in [3.63, 3.8) is 0 Å². The van der Waals surface area contributed by atoms with Crippen molar-refractivity contribution in [2.75, 3.05) is 6.61 Å². The Kier molecular flexibility index (Phi) is 4.57. The quantitative estimate of drug-likeness (QED) is 0.570. The van der Waals surface area contributed by atoms with E-state index in [1.54, 1.807) is 0 Å². The van der Waals surface area contributed by atoms with E-state index >= 15 is 0 Å². The molecular formula is C25H24O2. The second-order valence-electron chi connectivity index (χ2n) is 7.28. The normalized spacial score (nSPS) is 20.0. The van der Waals surface area contributed by atoms with Crippen molar-refractivity contribution in [1.29, 1.82) is 0 Å². The van der Waals surface area contributed by atoms with Gasteiger partial charge in [0.2, 0.25) is 0 Å². The highest BCUT2D eigenvalue weighted by atomic mass is 16.5. The minimum Gasteiger partial charge on any atom is -0.466 e. The van der Waals surface area contributed by atoms with Crippen molar-refractivity contribution in [3.8, 4) is 0 Å². The Morgan fingerprint density at radius 2 is 1.30 bits per heavy atom. The molecule has 0 unspecified atom stereocenters. The van der Waals surface area contributed by atoms with Crippen molar-refractivity contribution >= 4 is 5.97 Å². The lowest BCUT2D eigenvalue weighted by molar-refractivity contribution is -0.150. The summed E-state index contributed by atoms with van der Waals surface area (Å²) in [6, 6.07) is 31.1. The van der Waals surface area contributed by atoms with Crippen LogP contribution in [-0.2, 0) is 21.4 Å². The van der Waals surface area contributed by atoms with E-state index in [0.29, 0.717) is 13.0 Å². The van der Waals surface area contributed by atoms with Gasteiger partial charge in [-0.2, -0.15) is 0 Å². The van der Waals surface area contributed by atoms with Crippen LogP contribution in [-0.4, -0.2) is 12.6 Å². The zero-order valence-electron chi connectivity index (χ0n) is 15.6. The summed E-state index contributed by atoms with van der Waals surface area (Å²) in [7, 11) is 0. The Balaban J connectivity index is 1.87. The van der Waals surface area contributed by atoms with E-state index in [2.05, 4.69) is 60.7 Å². The van der Waals surface area contributed by atoms with Crippen molar-refractivity contribution in [1.82, 2.24) is 0 Å². The molecule has 0 amide bonds. The largest absolute Gasteiger partial charge is 0.466 e. The molecule has 27 heavy (non-hydrogen) atoms. The van der Waals surface area contributed by atoms with E-state index in [4.69, 9.17) is 4.74 Å². The number of hydrogen-bond acceptors (Lipinski definition) is 2. The van der Waals surface area contributed by atoms with E-state index in [9.17, 15) is 4.79 Å². The van der Waals surface area contributed by atoms with E-state index < -0.39 is 5.41 Å². The molecule has 1 aliphatic carbocycles. The number of rotatable bonds is 6. The van der Waals surface area contributed by atoms with E-state index in [1.807, 2.05) is 37.3 Å². The van der Waals surface area contributed by atoms with Gasteiger partial charge in [0.1, 0.15) is 0 Å². The highest BCUT2D eigenvalue weighted by Crippen LogP contribution is 2.70. The van der Waals surface area contributed by atoms with Gasteiger partial charge in [-0.3, -0.25) is 4.79 Å². The van der Waals surface area contributed by atoms with Gasteiger partial charge >= 0.3 is 5.97 Å². The molecule has 0 heterocycles. The minimum absolute atomic E-state index is 0.0958. The Bertz CT molecular complexity index is 863. The first-order valence-corrected chi connectivity index (χ1v) is 9.55. The number of ether oxygens (including phenoxy) is 1. The molecule has 1 aliphatic rings. The molecule has 3 aromatic carbocycles. The molecule has 0 saturated heterocycles. The van der Waals surface area contributed by atoms with Crippen LogP contribution in [0.1, 0.15) is 30.0 Å². The Hall–Kier alpha value is -2.87. The summed E-state index contributed by atoms with van der Waals surface area (Å²) in [4.78, 5) is 13.3. The third-order valence-corrected chi connectivity index (χ3v) is 5.81. The van der Waals surface area contributed by atoms with Crippen LogP contribution in [0.3, 0.4) is 0 Å². The van der Waals surface area contributed by atoms with Gasteiger partial charge in [0.25, 0.3) is 0 Å². The van der Waals surface area contributed by atoms with Crippen molar-refractivity contribution < 1.29 is 9.53 Å². The first-order chi connectivity index (χ1) is 13.2. The second-order valence-corrected chi connectivity index (χ2v) is 7.28. The topological polar surface area (TPSA) is 26.3 Å². The standard InChI is InChI=1S/C25H24O2/c1-2-27-23(26)24(18-20-12-6-3-7-13-20)19-25(24,21-14-8-4-9-15-21)22-16-10-5-11-17-22/h3-17H,2,18-19H2,1H3/t24-/m0/s1. The fraction of sp³-hybridized carbons (Fsp3) is 0.240. The lowest BCUT2D eigenvalue weighted by Crippen LogP contribution is -2.31. The Labute approximate surface area is 160 Å². The third kappa shape index (κ3) is 2.86. The summed E-state index contributed by atoms with van der Waals surface area (Å²) in [6.45, 7) is 2.28. The Morgan fingerprint density at radius 3 is 1.78 bits per heavy atom. The van der Waals surface area contributed by atoms with Gasteiger partial charge in [-0.25, -0.2) is 0 Å². The molecule has 2 heteroatoms. The van der Waals surface area contributed by atoms with Crippen LogP contribution in [0.15, 0.2) is 91.0 Å². The summed E-state index contributed by atoms with van der Waals surface area (Å²) in [5, 5.41) is 0. The zero-order chi connectivity index (χ0) is 18.7. The maximum atomic E-state index is 13.3. The lowest BCUT2D eigenvalue weighted by atomic mass is 9.77. The van der Waals surface area contributed by atoms with Crippen LogP contribution in [0, 0.1) is 5.41 Å². The molecule has 1 atom stereocenters. The van der Waals surface area contributed by atoms with Gasteiger partial charge in [-0.1, -0.05) is 91.0 Å². The summed E-state index contributed by atoms with van der Waals surface area (Å²) in [5.41, 5.74) is 2.60. The zero-order valence-corrected chi connectivity index (χ0v) is 15.6. The fourth-order valence-electron chi connectivity index (χ4n) is 4.52. The van der Waals surface area contributed by atoms with Gasteiger partial charge in [0.15, 0.2) is 0 Å². The molecule has 4 rings (SSSR count). The highest BCUT2D eigenvalue weighted by Gasteiger charge is 2.73. The SMILES string of the molecule is CCOC(=O)[C@]1(Cc2ccccc2)CC1(c1ccccc1)c1ccccc1. The number of carbonyl (C=O) groups is 1. The molecule has 0 radical (unpaired) electrons. The van der Waals surface area contributed by atoms with E-state index in [1.165, 1.54) is 16.7 Å². The average Bonchev–Trinajstić information content (AvgIpc) is 3.41. The van der Waals surface area contributed by atoms with E-state index in [-0.39, 0.29) is 11.4 Å². The monoisotopic (exact) mass is 356 g/mol. The predicted molar refractivity (Wildman–Crippen MR) is 107 cm³/mol. The molecule has 0 N–H and O–H groups in total. The van der Waals surface area contributed by atoms with Crippen LogP contribution < -0.4 is 0 Å². The molecule has 0 aromatic heterocycles. The van der Waals surface area contributed by atoms with Crippen molar-refractivity contribution in [2.45, 2.75) is 25.2 Å². The summed E-state index contributed by atoms with van der Waals surface area (Å²) >= 11 is 0. The number of carbonyl (C=O) groups excluding carboxylic acids is 1. The fourth-order valence-corrected chi connectivity index (χ4v) is 4.52. The lowest BCUT2D eigenvalue weighted by Gasteiger charge is -2.26. The van der Waals surface area contributed by atoms with Crippen LogP contribution in [0.5, 0.6) is 0 Å². The van der Waals surface area contributed by atoms with Crippen LogP contribution in [0.25, 0.3) is 0 Å². The van der Waals surface area contributed by atoms with Crippen molar-refractivity contribution in [3.05, 3.63) is 108 Å². The van der Waals surface area contributed by atoms with Crippen LogP contribution in [0.4, 0.5) is 0 Å². The number of hydrogen-bond donors (Lipinski definition) is 0. The molecule has 1 fully saturated rings. The van der Waals surface area contributed by atoms with Gasteiger partial charge < -0.3 is 4.74 Å². The predicted octanol–water partition coefficient (Wildman–Crippen LogP) is 5.17. The van der Waals surface area contributed by atoms with Gasteiger partial charge in [0.05, 0.1) is 12.0 Å². The van der Waals surface area contributed by atoms with Gasteiger partial charge in [0, 0.05) is 5.41 Å². The molecule has 2 nitrogen and oxygen atoms in total. The second kappa shape index (κ2) is 7.03. The maximum absolute atomic E-state index is 13.3. The summed E-state index contributed by atoms with van der Waals surface area (Å²) < 4.78 is 5.60. The number of esters is 1. The van der Waals surface area contributed by atoms with E-state index in [0.717, 1.165) is 6.42 Å². The molecule has 0 bridgehead atoms. The first kappa shape index (κ1) is 17.5. The summed E-state index contributed by atoms with van der Waals surface area (Å²) in [5.74, 6) is -0.0958. The Morgan fingerprint density at radius 1 is 0.815 bits per heavy atom. The van der Waals surface area contributed by atoms with Gasteiger partial charge in [-0.15, -0.1) is 0 Å². The van der Waals surface area contributed by atoms with Gasteiger partial charge in [-0.05, 0) is 36.5 Å². The third-order valence-electron chi connectivity index (χ3n) is 5.81. The smallest absolute Gasteiger partial charge is 0.313 e. The van der Waals surface area contributed by atoms with Crippen molar-refractivity contribution in [2.24, 2.45) is 5.41 Å². The summed E-state index contributed by atoms with van der Waals surface area (Å²) in [6.07, 6.45) is 1.44. The molecule has 136 valence electrons. The van der Waals surface area contributed by atoms with Crippen LogP contribution >= 0.6 is 0 Å². The molecular weight excluding hydrogens is 332 g/mol. The number of benzene rings is 3. The highest BCUT2D eigenvalue weighted by molar-refractivity contribution is 5.87. The molecule has 3 aromatic rings. The van der Waals surface area contributed by atoms with Crippen LogP contribution in [0.2, 0.25) is 0 Å². The molecule has 0 spiro atoms.